The Kier molecular flexibility index (Phi) is 6.53. The van der Waals surface area contributed by atoms with E-state index in [1.165, 1.54) is 25.7 Å². The van der Waals surface area contributed by atoms with Gasteiger partial charge in [0.1, 0.15) is 22.8 Å². The maximum Gasteiger partial charge on any atom is 0.255 e. The number of phenols is 1. The van der Waals surface area contributed by atoms with Crippen LogP contribution in [0.5, 0.6) is 5.75 Å². The maximum absolute atomic E-state index is 14.2. The van der Waals surface area contributed by atoms with Crippen molar-refractivity contribution in [2.45, 2.75) is 69.2 Å². The van der Waals surface area contributed by atoms with Crippen molar-refractivity contribution in [3.05, 3.63) is 45.4 Å². The number of nitrogens with one attached hydrogen (secondary N) is 1. The molecule has 5 atom stereocenters. The Bertz CT molecular complexity index is 1470. The van der Waals surface area contributed by atoms with Crippen LogP contribution in [-0.4, -0.2) is 88.7 Å². The van der Waals surface area contributed by atoms with E-state index in [4.69, 9.17) is 5.73 Å². The number of anilines is 1. The number of phenolic OH excluding ortho intramolecular Hbond substituents is 1. The lowest BCUT2D eigenvalue weighted by atomic mass is 9.58. The van der Waals surface area contributed by atoms with Gasteiger partial charge in [0.15, 0.2) is 11.4 Å². The normalized spacial score (nSPS) is 31.4. The van der Waals surface area contributed by atoms with Crippen LogP contribution in [-0.2, 0) is 22.6 Å². The van der Waals surface area contributed by atoms with E-state index in [2.05, 4.69) is 5.32 Å². The number of carbonyl (C=O) groups excluding carboxylic acids is 3. The third-order valence-corrected chi connectivity index (χ3v) is 10.6. The molecule has 5 aliphatic rings. The first-order valence-electron chi connectivity index (χ1n) is 14.7. The van der Waals surface area contributed by atoms with Crippen molar-refractivity contribution in [2.75, 3.05) is 33.1 Å². The minimum absolute atomic E-state index is 0.0475. The van der Waals surface area contributed by atoms with E-state index in [9.17, 15) is 34.8 Å². The number of benzene rings is 1. The number of hydrogen-bond acceptors (Lipinski definition) is 10. The summed E-state index contributed by atoms with van der Waals surface area (Å²) in [4.78, 5) is 43.4. The molecule has 42 heavy (non-hydrogen) atoms. The summed E-state index contributed by atoms with van der Waals surface area (Å²) in [6.07, 6.45) is 6.19. The van der Waals surface area contributed by atoms with E-state index in [1.807, 2.05) is 25.1 Å². The topological polar surface area (TPSA) is 177 Å². The van der Waals surface area contributed by atoms with Gasteiger partial charge >= 0.3 is 0 Å². The molecule has 0 saturated heterocycles. The first-order valence-corrected chi connectivity index (χ1v) is 14.7. The minimum Gasteiger partial charge on any atom is -0.510 e. The molecule has 6 rings (SSSR count). The molecule has 5 aliphatic carbocycles. The van der Waals surface area contributed by atoms with Gasteiger partial charge in [-0.2, -0.15) is 0 Å². The molecule has 2 saturated carbocycles. The number of carbonyl (C=O) groups is 3. The second kappa shape index (κ2) is 9.55. The number of likely N-dealkylation sites (N-methyl/N-ethyl adjacent to an activating group) is 1. The summed E-state index contributed by atoms with van der Waals surface area (Å²) in [6.45, 7) is 0.370. The summed E-state index contributed by atoms with van der Waals surface area (Å²) in [5.41, 5.74) is 4.17. The van der Waals surface area contributed by atoms with Crippen molar-refractivity contribution in [2.24, 2.45) is 23.0 Å². The highest BCUT2D eigenvalue weighted by atomic mass is 16.3. The highest BCUT2D eigenvalue weighted by molar-refractivity contribution is 6.25. The molecule has 1 spiro atoms. The van der Waals surface area contributed by atoms with Crippen LogP contribution in [0.25, 0.3) is 0 Å². The number of Topliss-reactive ketones (excluding diaryl/α,β-unsaturated/α-hetero) is 2. The second-order valence-corrected chi connectivity index (χ2v) is 13.3. The molecular weight excluding hydrogens is 540 g/mol. The van der Waals surface area contributed by atoms with Gasteiger partial charge in [0.25, 0.3) is 5.91 Å². The quantitative estimate of drug-likeness (QED) is 0.271. The van der Waals surface area contributed by atoms with Crippen molar-refractivity contribution in [3.63, 3.8) is 0 Å². The Morgan fingerprint density at radius 2 is 1.81 bits per heavy atom. The highest BCUT2D eigenvalue weighted by Crippen LogP contribution is 2.58. The molecule has 0 aliphatic heterocycles. The fourth-order valence-electron chi connectivity index (χ4n) is 8.34. The highest BCUT2D eigenvalue weighted by Gasteiger charge is 2.63. The third kappa shape index (κ3) is 3.86. The van der Waals surface area contributed by atoms with Crippen molar-refractivity contribution in [3.8, 4) is 5.75 Å². The zero-order valence-electron chi connectivity index (χ0n) is 24.5. The number of aromatic hydroxyl groups is 1. The summed E-state index contributed by atoms with van der Waals surface area (Å²) in [5, 5.41) is 49.5. The Labute approximate surface area is 244 Å². The summed E-state index contributed by atoms with van der Waals surface area (Å²) in [5.74, 6) is -6.41. The lowest BCUT2D eigenvalue weighted by molar-refractivity contribution is -0.148. The van der Waals surface area contributed by atoms with Crippen LogP contribution in [0.2, 0.25) is 0 Å². The predicted octanol–water partition coefficient (Wildman–Crippen LogP) is 1.61. The number of aliphatic hydroxyl groups is 3. The van der Waals surface area contributed by atoms with Crippen LogP contribution in [0.4, 0.5) is 5.69 Å². The summed E-state index contributed by atoms with van der Waals surface area (Å²) >= 11 is 0. The minimum atomic E-state index is -2.65. The van der Waals surface area contributed by atoms with Crippen molar-refractivity contribution < 1.29 is 34.8 Å². The molecule has 7 N–H and O–H groups in total. The van der Waals surface area contributed by atoms with Gasteiger partial charge in [0, 0.05) is 49.4 Å². The number of aliphatic hydroxyl groups excluding tert-OH is 2. The number of nitrogens with two attached hydrogens (primary N) is 1. The average molecular weight is 581 g/mol. The van der Waals surface area contributed by atoms with Crippen LogP contribution in [0, 0.1) is 17.3 Å². The van der Waals surface area contributed by atoms with Gasteiger partial charge in [-0.3, -0.25) is 19.3 Å². The van der Waals surface area contributed by atoms with Gasteiger partial charge in [-0.25, -0.2) is 0 Å². The van der Waals surface area contributed by atoms with Gasteiger partial charge in [-0.15, -0.1) is 0 Å². The Hall–Kier alpha value is -3.41. The molecule has 11 nitrogen and oxygen atoms in total. The number of nitrogens with zero attached hydrogens (tertiary/aromatic N) is 2. The van der Waals surface area contributed by atoms with Crippen molar-refractivity contribution in [1.82, 2.24) is 10.2 Å². The fraction of sp³-hybridized carbons (Fsp3) is 0.581. The standard InChI is InChI=1S/C31H40N4O7/c1-34(2)18-12-15(13-33-19-6-5-7-30(19)8-9-30)24(36)21-16(18)10-14-11-17-23(35(3)4)26(38)22(29(32)41)28(40)31(17,42)27(39)20(14)25(21)37/h12,14,17,19,23,33,36,38-39,42H,5-11,13H2,1-4H3,(H2,32,41)/t14-,17-,19?,23-,31-/m0/s1. The van der Waals surface area contributed by atoms with E-state index in [0.29, 0.717) is 29.1 Å². The van der Waals surface area contributed by atoms with Crippen LogP contribution < -0.4 is 16.0 Å². The first kappa shape index (κ1) is 28.7. The number of rotatable bonds is 6. The third-order valence-electron chi connectivity index (χ3n) is 10.6. The summed E-state index contributed by atoms with van der Waals surface area (Å²) < 4.78 is 0. The Morgan fingerprint density at radius 1 is 1.12 bits per heavy atom. The monoisotopic (exact) mass is 580 g/mol. The molecule has 1 amide bonds. The average Bonchev–Trinajstić information content (AvgIpc) is 3.57. The Balaban J connectivity index is 1.45. The van der Waals surface area contributed by atoms with Gasteiger partial charge in [0.05, 0.1) is 11.6 Å². The van der Waals surface area contributed by atoms with Gasteiger partial charge < -0.3 is 36.4 Å². The summed E-state index contributed by atoms with van der Waals surface area (Å²) in [6, 6.07) is 1.24. The lowest BCUT2D eigenvalue weighted by Gasteiger charge is -2.50. The van der Waals surface area contributed by atoms with E-state index >= 15 is 0 Å². The molecule has 1 unspecified atom stereocenters. The van der Waals surface area contributed by atoms with E-state index in [-0.39, 0.29) is 29.7 Å². The second-order valence-electron chi connectivity index (χ2n) is 13.3. The zero-order valence-corrected chi connectivity index (χ0v) is 24.5. The number of amides is 1. The SMILES string of the molecule is CN(C)c1cc(CNC2CCCC23CC3)c(O)c2c1C[C@H]1C[C@H]3[C@H](N(C)C)C(O)=C(C(N)=O)C(=O)[C@@]3(O)C(O)=C1C2=O. The smallest absolute Gasteiger partial charge is 0.255 e. The van der Waals surface area contributed by atoms with E-state index in [1.54, 1.807) is 19.0 Å². The number of primary amides is 1. The summed E-state index contributed by atoms with van der Waals surface area (Å²) in [7, 11) is 6.95. The molecular formula is C31H40N4O7. The molecule has 226 valence electrons. The molecule has 0 aromatic heterocycles. The fourth-order valence-corrected chi connectivity index (χ4v) is 8.34. The van der Waals surface area contributed by atoms with Crippen molar-refractivity contribution >= 4 is 23.2 Å². The molecule has 0 bridgehead atoms. The van der Waals surface area contributed by atoms with E-state index in [0.717, 1.165) is 12.1 Å². The molecule has 2 fully saturated rings. The predicted molar refractivity (Wildman–Crippen MR) is 154 cm³/mol. The molecule has 11 heteroatoms. The molecule has 0 heterocycles. The van der Waals surface area contributed by atoms with Crippen LogP contribution >= 0.6 is 0 Å². The van der Waals surface area contributed by atoms with Crippen LogP contribution in [0.3, 0.4) is 0 Å². The number of allylic oxidation sites excluding steroid dienone is 1. The van der Waals surface area contributed by atoms with Gasteiger partial charge in [0.2, 0.25) is 5.78 Å². The lowest BCUT2D eigenvalue weighted by Crippen LogP contribution is -2.63. The van der Waals surface area contributed by atoms with Crippen molar-refractivity contribution in [1.29, 1.82) is 0 Å². The zero-order chi connectivity index (χ0) is 30.5. The Morgan fingerprint density at radius 3 is 2.40 bits per heavy atom. The van der Waals surface area contributed by atoms with E-state index < -0.39 is 58.0 Å². The number of fused-ring (bicyclic) bond motifs is 3. The van der Waals surface area contributed by atoms with Gasteiger partial charge in [-0.05, 0) is 75.6 Å². The maximum atomic E-state index is 14.2. The van der Waals surface area contributed by atoms with Crippen LogP contribution in [0.15, 0.2) is 28.7 Å². The van der Waals surface area contributed by atoms with Crippen LogP contribution in [0.1, 0.15) is 60.0 Å². The number of hydrogen-bond donors (Lipinski definition) is 6. The largest absolute Gasteiger partial charge is 0.510 e. The first-order chi connectivity index (χ1) is 19.7. The molecule has 1 aromatic rings. The number of ketones is 2. The molecule has 1 aromatic carbocycles. The molecule has 0 radical (unpaired) electrons. The van der Waals surface area contributed by atoms with Gasteiger partial charge in [-0.1, -0.05) is 6.42 Å².